The third kappa shape index (κ3) is 6.32. The van der Waals surface area contributed by atoms with Crippen LogP contribution < -0.4 is 0 Å². The summed E-state index contributed by atoms with van der Waals surface area (Å²) in [6.07, 6.45) is 1.91. The number of phenolic OH excluding ortho intramolecular Hbond substituents is 1. The maximum atomic E-state index is 10.6. The average molecular weight is 300 g/mol. The van der Waals surface area contributed by atoms with Crippen LogP contribution in [-0.2, 0) is 11.2 Å². The Morgan fingerprint density at radius 2 is 1.76 bits per heavy atom. The molecule has 9 heteroatoms. The van der Waals surface area contributed by atoms with Gasteiger partial charge < -0.3 is 10.2 Å². The number of carbonyl (C=O) groups is 1. The Kier molecular flexibility index (Phi) is 7.37. The molecule has 0 amide bonds. The minimum atomic E-state index is -0.833. The van der Waals surface area contributed by atoms with Gasteiger partial charge in [-0.25, -0.2) is 0 Å². The first-order valence-electron chi connectivity index (χ1n) is 6.04. The maximum absolute atomic E-state index is 10.6. The highest BCUT2D eigenvalue weighted by Gasteiger charge is 2.23. The molecule has 116 valence electrons. The molecule has 1 rings (SSSR count). The number of hydrogen-bond donors (Lipinski definition) is 2. The standard InChI is InChI=1S/C10H12N2O5.C2H4O2/c1-2-3-4-7-5-8(11(14)15)6-9(10(7)13)12(16)17;1-2(3)4/h5-6,13H,2-4H2,1H3;1H3,(H,3,4). The van der Waals surface area contributed by atoms with Crippen LogP contribution in [0.2, 0.25) is 0 Å². The largest absolute Gasteiger partial charge is 0.502 e. The smallest absolute Gasteiger partial charge is 0.317 e. The fraction of sp³-hybridized carbons (Fsp3) is 0.417. The fourth-order valence-corrected chi connectivity index (χ4v) is 1.46. The summed E-state index contributed by atoms with van der Waals surface area (Å²) in [5, 5.41) is 38.3. The van der Waals surface area contributed by atoms with Crippen LogP contribution in [-0.4, -0.2) is 26.0 Å². The number of aromatic hydroxyl groups is 1. The second-order valence-electron chi connectivity index (χ2n) is 4.11. The van der Waals surface area contributed by atoms with Crippen LogP contribution in [0.4, 0.5) is 11.4 Å². The number of nitrogens with zero attached hydrogens (tertiary/aromatic N) is 2. The van der Waals surface area contributed by atoms with Gasteiger partial charge in [-0.3, -0.25) is 25.0 Å². The highest BCUT2D eigenvalue weighted by Crippen LogP contribution is 2.34. The molecule has 0 heterocycles. The van der Waals surface area contributed by atoms with Crippen molar-refractivity contribution >= 4 is 17.3 Å². The lowest BCUT2D eigenvalue weighted by atomic mass is 10.1. The number of nitro benzene ring substituents is 2. The number of hydrogen-bond acceptors (Lipinski definition) is 6. The van der Waals surface area contributed by atoms with Gasteiger partial charge in [0, 0.05) is 18.6 Å². The quantitative estimate of drug-likeness (QED) is 0.628. The molecule has 0 bridgehead atoms. The predicted octanol–water partition coefficient (Wildman–Crippen LogP) is 2.64. The Morgan fingerprint density at radius 1 is 1.24 bits per heavy atom. The van der Waals surface area contributed by atoms with Gasteiger partial charge in [-0.15, -0.1) is 0 Å². The molecule has 0 atom stereocenters. The fourth-order valence-electron chi connectivity index (χ4n) is 1.46. The summed E-state index contributed by atoms with van der Waals surface area (Å²) < 4.78 is 0. The molecule has 0 saturated heterocycles. The van der Waals surface area contributed by atoms with Gasteiger partial charge in [0.25, 0.3) is 11.7 Å². The second kappa shape index (κ2) is 8.46. The van der Waals surface area contributed by atoms with E-state index < -0.39 is 27.3 Å². The van der Waals surface area contributed by atoms with E-state index in [4.69, 9.17) is 9.90 Å². The van der Waals surface area contributed by atoms with Crippen molar-refractivity contribution in [1.82, 2.24) is 0 Å². The molecular weight excluding hydrogens is 284 g/mol. The number of carboxylic acids is 1. The highest BCUT2D eigenvalue weighted by atomic mass is 16.6. The van der Waals surface area contributed by atoms with Crippen LogP contribution in [0.15, 0.2) is 12.1 Å². The Hall–Kier alpha value is -2.71. The minimum Gasteiger partial charge on any atom is -0.502 e. The molecular formula is C12H16N2O7. The Morgan fingerprint density at radius 3 is 2.14 bits per heavy atom. The lowest BCUT2D eigenvalue weighted by molar-refractivity contribution is -0.394. The molecule has 0 aromatic heterocycles. The van der Waals surface area contributed by atoms with Crippen LogP contribution in [0.5, 0.6) is 5.75 Å². The van der Waals surface area contributed by atoms with Gasteiger partial charge in [0.2, 0.25) is 0 Å². The second-order valence-corrected chi connectivity index (χ2v) is 4.11. The number of carboxylic acid groups (broad SMARTS) is 1. The predicted molar refractivity (Wildman–Crippen MR) is 73.3 cm³/mol. The van der Waals surface area contributed by atoms with E-state index >= 15 is 0 Å². The molecule has 0 unspecified atom stereocenters. The third-order valence-electron chi connectivity index (χ3n) is 2.36. The van der Waals surface area contributed by atoms with Crippen LogP contribution in [0, 0.1) is 20.2 Å². The first kappa shape index (κ1) is 18.3. The summed E-state index contributed by atoms with van der Waals surface area (Å²) in [6, 6.07) is 1.95. The van der Waals surface area contributed by atoms with Crippen molar-refractivity contribution in [2.45, 2.75) is 33.1 Å². The number of benzene rings is 1. The lowest BCUT2D eigenvalue weighted by Gasteiger charge is -2.04. The molecule has 1 aromatic carbocycles. The van der Waals surface area contributed by atoms with Crippen LogP contribution in [0.3, 0.4) is 0 Å². The molecule has 0 aliphatic carbocycles. The van der Waals surface area contributed by atoms with Gasteiger partial charge in [-0.1, -0.05) is 13.3 Å². The van der Waals surface area contributed by atoms with E-state index in [0.29, 0.717) is 12.8 Å². The lowest BCUT2D eigenvalue weighted by Crippen LogP contribution is -1.97. The van der Waals surface area contributed by atoms with Gasteiger partial charge in [-0.05, 0) is 12.8 Å². The number of aryl methyl sites for hydroxylation is 1. The van der Waals surface area contributed by atoms with Crippen molar-refractivity contribution in [1.29, 1.82) is 0 Å². The zero-order chi connectivity index (χ0) is 16.6. The number of nitro groups is 2. The van der Waals surface area contributed by atoms with Crippen molar-refractivity contribution in [3.63, 3.8) is 0 Å². The molecule has 0 aliphatic rings. The molecule has 1 aromatic rings. The van der Waals surface area contributed by atoms with Crippen LogP contribution >= 0.6 is 0 Å². The van der Waals surface area contributed by atoms with Crippen molar-refractivity contribution in [2.75, 3.05) is 0 Å². The molecule has 0 fully saturated rings. The van der Waals surface area contributed by atoms with Gasteiger partial charge in [-0.2, -0.15) is 0 Å². The number of non-ortho nitro benzene ring substituents is 1. The molecule has 9 nitrogen and oxygen atoms in total. The summed E-state index contributed by atoms with van der Waals surface area (Å²) in [5.41, 5.74) is -0.751. The Labute approximate surface area is 120 Å². The van der Waals surface area contributed by atoms with E-state index in [1.165, 1.54) is 6.07 Å². The number of unbranched alkanes of at least 4 members (excludes halogenated alkanes) is 1. The van der Waals surface area contributed by atoms with E-state index in [1.807, 2.05) is 6.92 Å². The normalized spacial score (nSPS) is 9.43. The molecule has 0 spiro atoms. The molecule has 0 aliphatic heterocycles. The SMILES string of the molecule is CC(=O)O.CCCCc1cc([N+](=O)[O-])cc([N+](=O)[O-])c1O. The van der Waals surface area contributed by atoms with Crippen molar-refractivity contribution < 1.29 is 24.9 Å². The van der Waals surface area contributed by atoms with Gasteiger partial charge in [0.05, 0.1) is 15.9 Å². The van der Waals surface area contributed by atoms with E-state index in [2.05, 4.69) is 0 Å². The topological polar surface area (TPSA) is 144 Å². The zero-order valence-corrected chi connectivity index (χ0v) is 11.6. The number of phenols is 1. The van der Waals surface area contributed by atoms with Crippen LogP contribution in [0.1, 0.15) is 32.3 Å². The summed E-state index contributed by atoms with van der Waals surface area (Å²) in [4.78, 5) is 28.7. The summed E-state index contributed by atoms with van der Waals surface area (Å²) in [5.74, 6) is -1.31. The van der Waals surface area contributed by atoms with Crippen molar-refractivity contribution in [3.8, 4) is 5.75 Å². The Balaban J connectivity index is 0.000000885. The Bertz CT molecular complexity index is 539. The first-order chi connectivity index (χ1) is 9.70. The molecule has 0 radical (unpaired) electrons. The van der Waals surface area contributed by atoms with Crippen molar-refractivity contribution in [2.24, 2.45) is 0 Å². The zero-order valence-electron chi connectivity index (χ0n) is 11.6. The monoisotopic (exact) mass is 300 g/mol. The summed E-state index contributed by atoms with van der Waals surface area (Å²) in [7, 11) is 0. The van der Waals surface area contributed by atoms with E-state index in [9.17, 15) is 25.3 Å². The summed E-state index contributed by atoms with van der Waals surface area (Å²) >= 11 is 0. The summed E-state index contributed by atoms with van der Waals surface area (Å²) in [6.45, 7) is 3.00. The van der Waals surface area contributed by atoms with Gasteiger partial charge in [0.1, 0.15) is 0 Å². The van der Waals surface area contributed by atoms with Crippen molar-refractivity contribution in [3.05, 3.63) is 37.9 Å². The van der Waals surface area contributed by atoms with E-state index in [-0.39, 0.29) is 11.3 Å². The van der Waals surface area contributed by atoms with Gasteiger partial charge in [0.15, 0.2) is 5.75 Å². The number of aliphatic carboxylic acids is 1. The molecule has 2 N–H and O–H groups in total. The minimum absolute atomic E-state index is 0.243. The van der Waals surface area contributed by atoms with Gasteiger partial charge >= 0.3 is 5.69 Å². The van der Waals surface area contributed by atoms with E-state index in [0.717, 1.165) is 19.4 Å². The van der Waals surface area contributed by atoms with E-state index in [1.54, 1.807) is 0 Å². The third-order valence-corrected chi connectivity index (χ3v) is 2.36. The highest BCUT2D eigenvalue weighted by molar-refractivity contribution is 5.63. The average Bonchev–Trinajstić information content (AvgIpc) is 2.36. The molecule has 0 saturated carbocycles. The molecule has 21 heavy (non-hydrogen) atoms. The first-order valence-corrected chi connectivity index (χ1v) is 6.04. The number of rotatable bonds is 5. The van der Waals surface area contributed by atoms with Crippen LogP contribution in [0.25, 0.3) is 0 Å². The maximum Gasteiger partial charge on any atom is 0.317 e.